The monoisotopic (exact) mass is 419 g/mol. The molecule has 2 fully saturated rings. The fraction of sp³-hybridized carbons (Fsp3) is 0.368. The number of benzene rings is 1. The number of aromatic nitrogens is 1. The van der Waals surface area contributed by atoms with Crippen molar-refractivity contribution in [3.8, 4) is 0 Å². The van der Waals surface area contributed by atoms with E-state index in [0.29, 0.717) is 5.02 Å². The first-order valence-corrected chi connectivity index (χ1v) is 9.67. The molecule has 1 saturated heterocycles. The zero-order valence-electron chi connectivity index (χ0n) is 13.8. The van der Waals surface area contributed by atoms with E-state index < -0.39 is 0 Å². The topological polar surface area (TPSA) is 36.4 Å². The Hall–Kier alpha value is -1.59. The summed E-state index contributed by atoms with van der Waals surface area (Å²) >= 11 is 9.42. The number of hydrogen-bond acceptors (Lipinski definition) is 3. The lowest BCUT2D eigenvalue weighted by atomic mass is 9.94. The lowest BCUT2D eigenvalue weighted by Crippen LogP contribution is -2.51. The summed E-state index contributed by atoms with van der Waals surface area (Å²) in [6.45, 7) is 3.07. The van der Waals surface area contributed by atoms with E-state index >= 15 is 0 Å². The van der Waals surface area contributed by atoms with Gasteiger partial charge < -0.3 is 9.80 Å². The number of amides is 1. The van der Waals surface area contributed by atoms with Crippen LogP contribution in [0.1, 0.15) is 18.4 Å². The Balaban J connectivity index is 1.44. The second-order valence-electron chi connectivity index (χ2n) is 6.71. The molecule has 1 aromatic heterocycles. The van der Waals surface area contributed by atoms with Gasteiger partial charge >= 0.3 is 0 Å². The van der Waals surface area contributed by atoms with Crippen molar-refractivity contribution >= 4 is 39.3 Å². The molecule has 2 aliphatic rings. The zero-order chi connectivity index (χ0) is 17.4. The Labute approximate surface area is 160 Å². The van der Waals surface area contributed by atoms with E-state index in [0.717, 1.165) is 54.9 Å². The van der Waals surface area contributed by atoms with Gasteiger partial charge in [0.05, 0.1) is 10.4 Å². The fourth-order valence-electron chi connectivity index (χ4n) is 3.53. The summed E-state index contributed by atoms with van der Waals surface area (Å²) in [5.74, 6) is 1.19. The molecule has 4 rings (SSSR count). The number of pyridine rings is 1. The molecule has 2 aromatic rings. The van der Waals surface area contributed by atoms with E-state index in [9.17, 15) is 4.79 Å². The molecule has 6 heteroatoms. The third-order valence-corrected chi connectivity index (χ3v) is 5.86. The van der Waals surface area contributed by atoms with Crippen molar-refractivity contribution in [2.45, 2.75) is 18.3 Å². The Morgan fingerprint density at radius 1 is 1.12 bits per heavy atom. The van der Waals surface area contributed by atoms with Crippen molar-refractivity contribution < 1.29 is 4.79 Å². The largest absolute Gasteiger partial charge is 0.353 e. The van der Waals surface area contributed by atoms with Crippen LogP contribution in [-0.2, 0) is 10.2 Å². The standard InChI is InChI=1S/C19H19BrClN3O/c20-15-3-1-2-14(12-15)19(6-7-19)18(25)24-10-8-23(9-11-24)17-5-4-16(21)13-22-17/h1-5,12-13H,6-11H2. The summed E-state index contributed by atoms with van der Waals surface area (Å²) in [5.41, 5.74) is 0.832. The third kappa shape index (κ3) is 3.27. The van der Waals surface area contributed by atoms with Crippen LogP contribution in [0.2, 0.25) is 5.02 Å². The van der Waals surface area contributed by atoms with Gasteiger partial charge in [0, 0.05) is 36.8 Å². The minimum absolute atomic E-state index is 0.273. The summed E-state index contributed by atoms with van der Waals surface area (Å²) in [5, 5.41) is 0.641. The van der Waals surface area contributed by atoms with Crippen molar-refractivity contribution in [1.29, 1.82) is 0 Å². The Bertz CT molecular complexity index is 784. The number of anilines is 1. The number of hydrogen-bond donors (Lipinski definition) is 0. The maximum atomic E-state index is 13.1. The van der Waals surface area contributed by atoms with Crippen LogP contribution in [0.3, 0.4) is 0 Å². The first-order chi connectivity index (χ1) is 12.1. The molecule has 0 radical (unpaired) electrons. The van der Waals surface area contributed by atoms with Gasteiger partial charge in [0.1, 0.15) is 5.82 Å². The van der Waals surface area contributed by atoms with E-state index in [2.05, 4.69) is 37.9 Å². The van der Waals surface area contributed by atoms with Crippen LogP contribution in [0.25, 0.3) is 0 Å². The van der Waals surface area contributed by atoms with Crippen molar-refractivity contribution in [2.75, 3.05) is 31.1 Å². The number of carbonyl (C=O) groups is 1. The van der Waals surface area contributed by atoms with E-state index in [4.69, 9.17) is 11.6 Å². The normalized spacial score (nSPS) is 19.0. The Morgan fingerprint density at radius 2 is 1.88 bits per heavy atom. The number of rotatable bonds is 3. The molecule has 0 N–H and O–H groups in total. The van der Waals surface area contributed by atoms with Gasteiger partial charge in [-0.2, -0.15) is 0 Å². The molecule has 0 bridgehead atoms. The van der Waals surface area contributed by atoms with E-state index in [1.54, 1.807) is 6.20 Å². The highest BCUT2D eigenvalue weighted by atomic mass is 79.9. The lowest BCUT2D eigenvalue weighted by Gasteiger charge is -2.37. The van der Waals surface area contributed by atoms with Crippen LogP contribution < -0.4 is 4.90 Å². The van der Waals surface area contributed by atoms with Crippen LogP contribution in [0, 0.1) is 0 Å². The molecule has 130 valence electrons. The molecule has 2 heterocycles. The van der Waals surface area contributed by atoms with Gasteiger partial charge in [-0.1, -0.05) is 39.7 Å². The second kappa shape index (κ2) is 6.61. The van der Waals surface area contributed by atoms with Crippen molar-refractivity contribution in [2.24, 2.45) is 0 Å². The van der Waals surface area contributed by atoms with Crippen LogP contribution in [0.5, 0.6) is 0 Å². The number of carbonyl (C=O) groups excluding carboxylic acids is 1. The predicted octanol–water partition coefficient (Wildman–Crippen LogP) is 3.88. The molecule has 1 aliphatic carbocycles. The summed E-state index contributed by atoms with van der Waals surface area (Å²) in [4.78, 5) is 21.7. The Morgan fingerprint density at radius 3 is 2.48 bits per heavy atom. The highest BCUT2D eigenvalue weighted by molar-refractivity contribution is 9.10. The quantitative estimate of drug-likeness (QED) is 0.756. The van der Waals surface area contributed by atoms with E-state index in [1.807, 2.05) is 29.2 Å². The predicted molar refractivity (Wildman–Crippen MR) is 103 cm³/mol. The van der Waals surface area contributed by atoms with Crippen molar-refractivity contribution in [1.82, 2.24) is 9.88 Å². The van der Waals surface area contributed by atoms with Crippen molar-refractivity contribution in [3.63, 3.8) is 0 Å². The van der Waals surface area contributed by atoms with Gasteiger partial charge in [-0.05, 0) is 42.7 Å². The maximum Gasteiger partial charge on any atom is 0.233 e. The maximum absolute atomic E-state index is 13.1. The summed E-state index contributed by atoms with van der Waals surface area (Å²) in [7, 11) is 0. The smallest absolute Gasteiger partial charge is 0.233 e. The van der Waals surface area contributed by atoms with Crippen LogP contribution >= 0.6 is 27.5 Å². The first-order valence-electron chi connectivity index (χ1n) is 8.50. The SMILES string of the molecule is O=C(N1CCN(c2ccc(Cl)cn2)CC1)C1(c2cccc(Br)c2)CC1. The first kappa shape index (κ1) is 16.9. The molecule has 0 atom stereocenters. The molecule has 1 amide bonds. The van der Waals surface area contributed by atoms with Crippen LogP contribution in [-0.4, -0.2) is 42.0 Å². The fourth-order valence-corrected chi connectivity index (χ4v) is 4.04. The lowest BCUT2D eigenvalue weighted by molar-refractivity contribution is -0.134. The molecular formula is C19H19BrClN3O. The molecule has 1 aromatic carbocycles. The summed E-state index contributed by atoms with van der Waals surface area (Å²) in [6, 6.07) is 12.0. The molecule has 1 aliphatic heterocycles. The number of piperazine rings is 1. The third-order valence-electron chi connectivity index (χ3n) is 5.14. The molecule has 0 spiro atoms. The highest BCUT2D eigenvalue weighted by Crippen LogP contribution is 2.50. The van der Waals surface area contributed by atoms with Gasteiger partial charge in [-0.15, -0.1) is 0 Å². The van der Waals surface area contributed by atoms with Gasteiger partial charge in [-0.3, -0.25) is 4.79 Å². The average Bonchev–Trinajstić information content (AvgIpc) is 3.44. The van der Waals surface area contributed by atoms with Crippen LogP contribution in [0.4, 0.5) is 5.82 Å². The average molecular weight is 421 g/mol. The molecule has 1 saturated carbocycles. The molecule has 25 heavy (non-hydrogen) atoms. The zero-order valence-corrected chi connectivity index (χ0v) is 16.1. The minimum Gasteiger partial charge on any atom is -0.353 e. The minimum atomic E-state index is -0.301. The van der Waals surface area contributed by atoms with E-state index in [-0.39, 0.29) is 11.3 Å². The second-order valence-corrected chi connectivity index (χ2v) is 8.06. The van der Waals surface area contributed by atoms with E-state index in [1.165, 1.54) is 0 Å². The number of nitrogens with zero attached hydrogens (tertiary/aromatic N) is 3. The number of halogens is 2. The van der Waals surface area contributed by atoms with Gasteiger partial charge in [0.25, 0.3) is 0 Å². The molecule has 0 unspecified atom stereocenters. The van der Waals surface area contributed by atoms with Gasteiger partial charge in [-0.25, -0.2) is 4.98 Å². The van der Waals surface area contributed by atoms with Crippen molar-refractivity contribution in [3.05, 3.63) is 57.7 Å². The highest BCUT2D eigenvalue weighted by Gasteiger charge is 2.53. The summed E-state index contributed by atoms with van der Waals surface area (Å²) < 4.78 is 1.03. The Kier molecular flexibility index (Phi) is 4.46. The van der Waals surface area contributed by atoms with Crippen LogP contribution in [0.15, 0.2) is 47.1 Å². The molecule has 4 nitrogen and oxygen atoms in total. The van der Waals surface area contributed by atoms with Gasteiger partial charge in [0.15, 0.2) is 0 Å². The molecular weight excluding hydrogens is 402 g/mol. The summed E-state index contributed by atoms with van der Waals surface area (Å²) in [6.07, 6.45) is 3.56. The van der Waals surface area contributed by atoms with Gasteiger partial charge in [0.2, 0.25) is 5.91 Å².